The Morgan fingerprint density at radius 2 is 2.22 bits per heavy atom. The molecular weight excluding hydrogens is 305 g/mol. The fourth-order valence-electron chi connectivity index (χ4n) is 1.18. The number of hydrogen-bond acceptors (Lipinski definition) is 4. The summed E-state index contributed by atoms with van der Waals surface area (Å²) in [5.74, 6) is -0.868. The first-order valence-corrected chi connectivity index (χ1v) is 6.36. The van der Waals surface area contributed by atoms with Crippen molar-refractivity contribution in [2.45, 2.75) is 19.8 Å². The molecule has 6 heteroatoms. The van der Waals surface area contributed by atoms with Gasteiger partial charge in [-0.05, 0) is 28.4 Å². The second kappa shape index (κ2) is 7.20. The third-order valence-electron chi connectivity index (χ3n) is 2.16. The average molecular weight is 320 g/mol. The quantitative estimate of drug-likeness (QED) is 0.497. The summed E-state index contributed by atoms with van der Waals surface area (Å²) in [6, 6.07) is 2.51. The van der Waals surface area contributed by atoms with Crippen molar-refractivity contribution in [1.82, 2.24) is 0 Å². The van der Waals surface area contributed by atoms with Gasteiger partial charge in [0.15, 0.2) is 6.61 Å². The molecule has 0 aliphatic heterocycles. The molecule has 0 aliphatic carbocycles. The number of unbranched alkanes of at least 4 members (excludes halogenated alkanes) is 1. The fourth-order valence-corrected chi connectivity index (χ4v) is 1.54. The minimum Gasteiger partial charge on any atom is -0.480 e. The Kier molecular flexibility index (Phi) is 5.91. The predicted molar refractivity (Wildman–Crippen MR) is 69.9 cm³/mol. The van der Waals surface area contributed by atoms with Gasteiger partial charge in [-0.2, -0.15) is 0 Å². The summed E-state index contributed by atoms with van der Waals surface area (Å²) in [6.07, 6.45) is 1.75. The summed E-state index contributed by atoms with van der Waals surface area (Å²) >= 11 is 3.00. The number of esters is 1. The smallest absolute Gasteiger partial charge is 0.344 e. The van der Waals surface area contributed by atoms with E-state index in [-0.39, 0.29) is 22.5 Å². The maximum absolute atomic E-state index is 13.2. The monoisotopic (exact) mass is 319 g/mol. The predicted octanol–water partition coefficient (Wildman–Crippen LogP) is 2.89. The van der Waals surface area contributed by atoms with Crippen molar-refractivity contribution in [3.8, 4) is 5.75 Å². The highest BCUT2D eigenvalue weighted by Crippen LogP contribution is 2.28. The summed E-state index contributed by atoms with van der Waals surface area (Å²) in [7, 11) is 0. The lowest BCUT2D eigenvalue weighted by Gasteiger charge is -2.09. The van der Waals surface area contributed by atoms with Crippen molar-refractivity contribution >= 4 is 27.6 Å². The molecule has 0 aromatic heterocycles. The summed E-state index contributed by atoms with van der Waals surface area (Å²) in [5, 5.41) is 0. The van der Waals surface area contributed by atoms with Crippen LogP contribution in [-0.2, 0) is 9.53 Å². The minimum atomic E-state index is -0.501. The lowest BCUT2D eigenvalue weighted by molar-refractivity contribution is -0.146. The number of benzene rings is 1. The SMILES string of the molecule is CCCCOC(=O)COc1cc(F)c(Br)cc1N. The number of carbonyl (C=O) groups excluding carboxylic acids is 1. The molecule has 4 nitrogen and oxygen atoms in total. The topological polar surface area (TPSA) is 61.5 Å². The van der Waals surface area contributed by atoms with Gasteiger partial charge < -0.3 is 15.2 Å². The second-order valence-electron chi connectivity index (χ2n) is 3.67. The molecule has 0 radical (unpaired) electrons. The van der Waals surface area contributed by atoms with Crippen molar-refractivity contribution in [3.05, 3.63) is 22.4 Å². The van der Waals surface area contributed by atoms with Crippen LogP contribution in [0.4, 0.5) is 10.1 Å². The van der Waals surface area contributed by atoms with E-state index in [9.17, 15) is 9.18 Å². The highest BCUT2D eigenvalue weighted by Gasteiger charge is 2.09. The van der Waals surface area contributed by atoms with E-state index in [0.29, 0.717) is 6.61 Å². The van der Waals surface area contributed by atoms with Crippen LogP contribution in [0, 0.1) is 5.82 Å². The van der Waals surface area contributed by atoms with E-state index < -0.39 is 11.8 Å². The Morgan fingerprint density at radius 1 is 1.50 bits per heavy atom. The number of carbonyl (C=O) groups is 1. The zero-order valence-electron chi connectivity index (χ0n) is 10.0. The standard InChI is InChI=1S/C12H15BrFNO3/c1-2-3-4-17-12(16)7-18-11-6-9(14)8(13)5-10(11)15/h5-6H,2-4,7,15H2,1H3. The van der Waals surface area contributed by atoms with Gasteiger partial charge in [-0.3, -0.25) is 0 Å². The van der Waals surface area contributed by atoms with Crippen LogP contribution in [-0.4, -0.2) is 19.2 Å². The van der Waals surface area contributed by atoms with E-state index in [2.05, 4.69) is 15.9 Å². The van der Waals surface area contributed by atoms with E-state index in [0.717, 1.165) is 18.9 Å². The lowest BCUT2D eigenvalue weighted by Crippen LogP contribution is -2.16. The fraction of sp³-hybridized carbons (Fsp3) is 0.417. The normalized spacial score (nSPS) is 10.2. The molecule has 0 fully saturated rings. The Hall–Kier alpha value is -1.30. The molecule has 1 aromatic carbocycles. The molecule has 2 N–H and O–H groups in total. The number of anilines is 1. The number of hydrogen-bond donors (Lipinski definition) is 1. The van der Waals surface area contributed by atoms with Gasteiger partial charge in [0.1, 0.15) is 11.6 Å². The summed E-state index contributed by atoms with van der Waals surface area (Å²) < 4.78 is 23.5. The van der Waals surface area contributed by atoms with Gasteiger partial charge in [-0.15, -0.1) is 0 Å². The van der Waals surface area contributed by atoms with E-state index >= 15 is 0 Å². The average Bonchev–Trinajstić information content (AvgIpc) is 2.32. The van der Waals surface area contributed by atoms with Crippen LogP contribution in [0.5, 0.6) is 5.75 Å². The minimum absolute atomic E-state index is 0.128. The molecule has 1 rings (SSSR count). The van der Waals surface area contributed by atoms with E-state index in [1.165, 1.54) is 6.07 Å². The molecule has 0 saturated heterocycles. The Morgan fingerprint density at radius 3 is 2.89 bits per heavy atom. The zero-order valence-corrected chi connectivity index (χ0v) is 11.6. The molecule has 0 bridgehead atoms. The third kappa shape index (κ3) is 4.52. The van der Waals surface area contributed by atoms with Gasteiger partial charge in [0.2, 0.25) is 0 Å². The zero-order chi connectivity index (χ0) is 13.5. The number of nitrogen functional groups attached to an aromatic ring is 1. The molecule has 0 atom stereocenters. The van der Waals surface area contributed by atoms with Crippen molar-refractivity contribution in [2.75, 3.05) is 18.9 Å². The van der Waals surface area contributed by atoms with Crippen LogP contribution in [0.2, 0.25) is 0 Å². The van der Waals surface area contributed by atoms with Gasteiger partial charge in [0.05, 0.1) is 16.8 Å². The highest BCUT2D eigenvalue weighted by molar-refractivity contribution is 9.10. The number of ether oxygens (including phenoxy) is 2. The Balaban J connectivity index is 2.48. The summed E-state index contributed by atoms with van der Waals surface area (Å²) in [4.78, 5) is 11.3. The molecular formula is C12H15BrFNO3. The number of nitrogens with two attached hydrogens (primary N) is 1. The van der Waals surface area contributed by atoms with E-state index in [1.807, 2.05) is 6.92 Å². The second-order valence-corrected chi connectivity index (χ2v) is 4.52. The molecule has 0 saturated carbocycles. The van der Waals surface area contributed by atoms with Crippen molar-refractivity contribution in [1.29, 1.82) is 0 Å². The molecule has 0 aliphatic rings. The van der Waals surface area contributed by atoms with Crippen LogP contribution < -0.4 is 10.5 Å². The van der Waals surface area contributed by atoms with Gasteiger partial charge in [-0.25, -0.2) is 9.18 Å². The van der Waals surface area contributed by atoms with E-state index in [4.69, 9.17) is 15.2 Å². The summed E-state index contributed by atoms with van der Waals surface area (Å²) in [5.41, 5.74) is 5.88. The molecule has 0 heterocycles. The third-order valence-corrected chi connectivity index (χ3v) is 2.77. The lowest BCUT2D eigenvalue weighted by atomic mass is 10.3. The molecule has 0 spiro atoms. The maximum Gasteiger partial charge on any atom is 0.344 e. The molecule has 0 unspecified atom stereocenters. The first kappa shape index (κ1) is 14.8. The summed E-state index contributed by atoms with van der Waals surface area (Å²) in [6.45, 7) is 2.08. The van der Waals surface area contributed by atoms with Gasteiger partial charge in [0.25, 0.3) is 0 Å². The first-order chi connectivity index (χ1) is 8.54. The Bertz CT molecular complexity index is 426. The van der Waals surface area contributed by atoms with Crippen LogP contribution in [0.1, 0.15) is 19.8 Å². The van der Waals surface area contributed by atoms with Gasteiger partial charge in [0, 0.05) is 6.07 Å². The Labute approximate surface area is 113 Å². The number of halogens is 2. The van der Waals surface area contributed by atoms with Gasteiger partial charge in [-0.1, -0.05) is 13.3 Å². The van der Waals surface area contributed by atoms with Crippen LogP contribution in [0.25, 0.3) is 0 Å². The maximum atomic E-state index is 13.2. The first-order valence-electron chi connectivity index (χ1n) is 5.57. The largest absolute Gasteiger partial charge is 0.480 e. The molecule has 18 heavy (non-hydrogen) atoms. The van der Waals surface area contributed by atoms with Crippen LogP contribution in [0.3, 0.4) is 0 Å². The van der Waals surface area contributed by atoms with Gasteiger partial charge >= 0.3 is 5.97 Å². The number of rotatable bonds is 6. The van der Waals surface area contributed by atoms with E-state index in [1.54, 1.807) is 0 Å². The molecule has 100 valence electrons. The van der Waals surface area contributed by atoms with Crippen molar-refractivity contribution in [2.24, 2.45) is 0 Å². The van der Waals surface area contributed by atoms with Crippen molar-refractivity contribution < 1.29 is 18.7 Å². The van der Waals surface area contributed by atoms with Crippen LogP contribution >= 0.6 is 15.9 Å². The highest BCUT2D eigenvalue weighted by atomic mass is 79.9. The molecule has 1 aromatic rings. The van der Waals surface area contributed by atoms with Crippen LogP contribution in [0.15, 0.2) is 16.6 Å². The van der Waals surface area contributed by atoms with Crippen molar-refractivity contribution in [3.63, 3.8) is 0 Å². The molecule has 0 amide bonds.